The third-order valence-corrected chi connectivity index (χ3v) is 5.32. The Hall–Kier alpha value is -1.40. The second-order valence-electron chi connectivity index (χ2n) is 5.62. The van der Waals surface area contributed by atoms with Gasteiger partial charge in [-0.1, -0.05) is 20.3 Å². The standard InChI is InChI=1S/C16H23NO4S/c1-3-5-12-11(4-2)10-13(22-12)14(18)17-16(15(19)20)6-8-21-9-7-16/h10H,3-9H2,1-2H3,(H,17,18)(H,19,20). The lowest BCUT2D eigenvalue weighted by Crippen LogP contribution is -2.57. The molecule has 0 spiro atoms. The average Bonchev–Trinajstić information content (AvgIpc) is 2.91. The molecule has 22 heavy (non-hydrogen) atoms. The van der Waals surface area contributed by atoms with Crippen LogP contribution in [0.1, 0.15) is 53.2 Å². The van der Waals surface area contributed by atoms with Crippen molar-refractivity contribution >= 4 is 23.2 Å². The molecule has 2 rings (SSSR count). The Morgan fingerprint density at radius 1 is 1.36 bits per heavy atom. The van der Waals surface area contributed by atoms with Crippen LogP contribution in [0, 0.1) is 0 Å². The zero-order valence-electron chi connectivity index (χ0n) is 13.1. The molecule has 1 amide bonds. The molecule has 0 atom stereocenters. The molecule has 0 unspecified atom stereocenters. The highest BCUT2D eigenvalue weighted by atomic mass is 32.1. The largest absolute Gasteiger partial charge is 0.480 e. The predicted octanol–water partition coefficient (Wildman–Crippen LogP) is 2.63. The number of carbonyl (C=O) groups excluding carboxylic acids is 1. The van der Waals surface area contributed by atoms with Gasteiger partial charge >= 0.3 is 5.97 Å². The maximum atomic E-state index is 12.5. The number of hydrogen-bond acceptors (Lipinski definition) is 4. The fourth-order valence-corrected chi connectivity index (χ4v) is 3.96. The van der Waals surface area contributed by atoms with E-state index in [1.165, 1.54) is 21.8 Å². The van der Waals surface area contributed by atoms with E-state index in [1.54, 1.807) is 0 Å². The second-order valence-corrected chi connectivity index (χ2v) is 6.75. The number of ether oxygens (including phenoxy) is 1. The van der Waals surface area contributed by atoms with Crippen molar-refractivity contribution in [3.8, 4) is 0 Å². The van der Waals surface area contributed by atoms with E-state index >= 15 is 0 Å². The second kappa shape index (κ2) is 7.24. The highest BCUT2D eigenvalue weighted by Crippen LogP contribution is 2.27. The van der Waals surface area contributed by atoms with E-state index < -0.39 is 11.5 Å². The van der Waals surface area contributed by atoms with E-state index in [1.807, 2.05) is 6.07 Å². The van der Waals surface area contributed by atoms with Gasteiger partial charge in [-0.25, -0.2) is 4.79 Å². The molecule has 2 heterocycles. The number of carboxylic acid groups (broad SMARTS) is 1. The molecule has 1 aliphatic heterocycles. The lowest BCUT2D eigenvalue weighted by atomic mass is 9.90. The van der Waals surface area contributed by atoms with Crippen LogP contribution in [0.5, 0.6) is 0 Å². The van der Waals surface area contributed by atoms with Gasteiger partial charge in [-0.05, 0) is 24.5 Å². The summed E-state index contributed by atoms with van der Waals surface area (Å²) in [7, 11) is 0. The first-order valence-electron chi connectivity index (χ1n) is 7.77. The molecule has 122 valence electrons. The number of amides is 1. The summed E-state index contributed by atoms with van der Waals surface area (Å²) in [5, 5.41) is 12.3. The number of carbonyl (C=O) groups is 2. The Labute approximate surface area is 134 Å². The summed E-state index contributed by atoms with van der Waals surface area (Å²) in [5.41, 5.74) is -0.00951. The van der Waals surface area contributed by atoms with Gasteiger partial charge in [0.15, 0.2) is 0 Å². The monoisotopic (exact) mass is 325 g/mol. The van der Waals surface area contributed by atoms with E-state index in [0.717, 1.165) is 19.3 Å². The highest BCUT2D eigenvalue weighted by molar-refractivity contribution is 7.14. The van der Waals surface area contributed by atoms with Gasteiger partial charge in [0.05, 0.1) is 4.88 Å². The fourth-order valence-electron chi connectivity index (χ4n) is 2.71. The average molecular weight is 325 g/mol. The highest BCUT2D eigenvalue weighted by Gasteiger charge is 2.42. The summed E-state index contributed by atoms with van der Waals surface area (Å²) < 4.78 is 5.22. The summed E-state index contributed by atoms with van der Waals surface area (Å²) in [6, 6.07) is 1.90. The van der Waals surface area contributed by atoms with Gasteiger partial charge in [0.2, 0.25) is 0 Å². The molecule has 0 bridgehead atoms. The summed E-state index contributed by atoms with van der Waals surface area (Å²) in [4.78, 5) is 25.9. The fraction of sp³-hybridized carbons (Fsp3) is 0.625. The molecule has 0 saturated carbocycles. The number of aryl methyl sites for hydroxylation is 2. The van der Waals surface area contributed by atoms with Gasteiger partial charge in [-0.2, -0.15) is 0 Å². The summed E-state index contributed by atoms with van der Waals surface area (Å²) in [5.74, 6) is -1.27. The van der Waals surface area contributed by atoms with Gasteiger partial charge in [-0.3, -0.25) is 4.79 Å². The number of hydrogen-bond donors (Lipinski definition) is 2. The van der Waals surface area contributed by atoms with E-state index in [-0.39, 0.29) is 5.91 Å². The molecule has 0 aromatic carbocycles. The Bertz CT molecular complexity index is 546. The van der Waals surface area contributed by atoms with Gasteiger partial charge in [0, 0.05) is 30.9 Å². The third-order valence-electron chi connectivity index (χ3n) is 4.09. The SMILES string of the molecule is CCCc1sc(C(=O)NC2(C(=O)O)CCOCC2)cc1CC. The molecular weight excluding hydrogens is 302 g/mol. The quantitative estimate of drug-likeness (QED) is 0.843. The predicted molar refractivity (Wildman–Crippen MR) is 85.6 cm³/mol. The molecular formula is C16H23NO4S. The van der Waals surface area contributed by atoms with Crippen molar-refractivity contribution in [2.24, 2.45) is 0 Å². The Morgan fingerprint density at radius 3 is 2.59 bits per heavy atom. The van der Waals surface area contributed by atoms with E-state index in [2.05, 4.69) is 19.2 Å². The molecule has 1 aromatic rings. The maximum absolute atomic E-state index is 12.5. The molecule has 0 aliphatic carbocycles. The minimum absolute atomic E-state index is 0.286. The van der Waals surface area contributed by atoms with Crippen LogP contribution in [-0.2, 0) is 22.4 Å². The topological polar surface area (TPSA) is 75.6 Å². The third kappa shape index (κ3) is 3.50. The first kappa shape index (κ1) is 17.0. The van der Waals surface area contributed by atoms with Crippen molar-refractivity contribution in [1.29, 1.82) is 0 Å². The zero-order chi connectivity index (χ0) is 16.2. The van der Waals surface area contributed by atoms with Crippen molar-refractivity contribution < 1.29 is 19.4 Å². The number of thiophene rings is 1. The zero-order valence-corrected chi connectivity index (χ0v) is 13.9. The lowest BCUT2D eigenvalue weighted by molar-refractivity contribution is -0.148. The van der Waals surface area contributed by atoms with Crippen LogP contribution in [0.15, 0.2) is 6.07 Å². The lowest BCUT2D eigenvalue weighted by Gasteiger charge is -2.33. The summed E-state index contributed by atoms with van der Waals surface area (Å²) in [6.07, 6.45) is 3.49. The molecule has 2 N–H and O–H groups in total. The van der Waals surface area contributed by atoms with E-state index in [0.29, 0.717) is 30.9 Å². The van der Waals surface area contributed by atoms with E-state index in [9.17, 15) is 14.7 Å². The van der Waals surface area contributed by atoms with Crippen molar-refractivity contribution in [2.45, 2.75) is 51.5 Å². The van der Waals surface area contributed by atoms with Crippen LogP contribution in [-0.4, -0.2) is 35.7 Å². The minimum atomic E-state index is -1.20. The van der Waals surface area contributed by atoms with Crippen LogP contribution in [0.25, 0.3) is 0 Å². The number of rotatable bonds is 6. The van der Waals surface area contributed by atoms with Crippen molar-refractivity contribution in [3.63, 3.8) is 0 Å². The van der Waals surface area contributed by atoms with Crippen molar-refractivity contribution in [2.75, 3.05) is 13.2 Å². The molecule has 1 saturated heterocycles. The van der Waals surface area contributed by atoms with Gasteiger partial charge in [0.1, 0.15) is 5.54 Å². The summed E-state index contributed by atoms with van der Waals surface area (Å²) >= 11 is 1.48. The van der Waals surface area contributed by atoms with Crippen LogP contribution in [0.3, 0.4) is 0 Å². The maximum Gasteiger partial charge on any atom is 0.329 e. The van der Waals surface area contributed by atoms with Crippen LogP contribution in [0.4, 0.5) is 0 Å². The number of carboxylic acids is 1. The summed E-state index contributed by atoms with van der Waals surface area (Å²) in [6.45, 7) is 4.90. The van der Waals surface area contributed by atoms with Crippen molar-refractivity contribution in [3.05, 3.63) is 21.4 Å². The van der Waals surface area contributed by atoms with Crippen LogP contribution >= 0.6 is 11.3 Å². The van der Waals surface area contributed by atoms with Crippen LogP contribution < -0.4 is 5.32 Å². The van der Waals surface area contributed by atoms with Gasteiger partial charge in [-0.15, -0.1) is 11.3 Å². The molecule has 6 heteroatoms. The normalized spacial score (nSPS) is 17.2. The van der Waals surface area contributed by atoms with Gasteiger partial charge in [0.25, 0.3) is 5.91 Å². The number of nitrogens with one attached hydrogen (secondary N) is 1. The molecule has 0 radical (unpaired) electrons. The van der Waals surface area contributed by atoms with E-state index in [4.69, 9.17) is 4.74 Å². The molecule has 1 aromatic heterocycles. The van der Waals surface area contributed by atoms with Crippen LogP contribution in [0.2, 0.25) is 0 Å². The number of aliphatic carboxylic acids is 1. The molecule has 1 aliphatic rings. The van der Waals surface area contributed by atoms with Crippen molar-refractivity contribution in [1.82, 2.24) is 5.32 Å². The Balaban J connectivity index is 2.18. The first-order chi connectivity index (χ1) is 10.5. The minimum Gasteiger partial charge on any atom is -0.480 e. The smallest absolute Gasteiger partial charge is 0.329 e. The van der Waals surface area contributed by atoms with Gasteiger partial charge < -0.3 is 15.2 Å². The molecule has 5 nitrogen and oxygen atoms in total. The molecule has 1 fully saturated rings. The Morgan fingerprint density at radius 2 is 2.05 bits per heavy atom. The first-order valence-corrected chi connectivity index (χ1v) is 8.59. The Kier molecular flexibility index (Phi) is 5.58.